The topological polar surface area (TPSA) is 29.0 Å². The van der Waals surface area contributed by atoms with Crippen LogP contribution >= 0.6 is 11.6 Å². The molecule has 0 bridgehead atoms. The van der Waals surface area contributed by atoms with E-state index in [1.807, 2.05) is 4.90 Å². The minimum atomic E-state index is -2.60. The van der Waals surface area contributed by atoms with Crippen LogP contribution in [0.1, 0.15) is 12.8 Å². The molecule has 2 aromatic heterocycles. The van der Waals surface area contributed by atoms with Crippen molar-refractivity contribution in [1.29, 1.82) is 0 Å². The van der Waals surface area contributed by atoms with Gasteiger partial charge in [-0.1, -0.05) is 11.6 Å². The maximum absolute atomic E-state index is 13.9. The molecule has 22 heavy (non-hydrogen) atoms. The second kappa shape index (κ2) is 5.76. The minimum Gasteiger partial charge on any atom is -0.371 e. The number of alkyl halides is 2. The van der Waals surface area contributed by atoms with E-state index in [2.05, 4.69) is 9.97 Å². The average Bonchev–Trinajstić information content (AvgIpc) is 2.47. The summed E-state index contributed by atoms with van der Waals surface area (Å²) in [7, 11) is 0. The molecule has 0 amide bonds. The van der Waals surface area contributed by atoms with Gasteiger partial charge in [0, 0.05) is 50.1 Å². The Morgan fingerprint density at radius 1 is 1.14 bits per heavy atom. The molecule has 0 aromatic carbocycles. The molecular formula is C15H13ClF3N3. The van der Waals surface area contributed by atoms with Gasteiger partial charge < -0.3 is 4.90 Å². The number of anilines is 1. The second-order valence-corrected chi connectivity index (χ2v) is 5.62. The van der Waals surface area contributed by atoms with Gasteiger partial charge >= 0.3 is 0 Å². The monoisotopic (exact) mass is 327 g/mol. The summed E-state index contributed by atoms with van der Waals surface area (Å²) in [5.74, 6) is -3.12. The Labute approximate surface area is 130 Å². The van der Waals surface area contributed by atoms with Crippen LogP contribution in [0.4, 0.5) is 18.9 Å². The molecule has 1 aliphatic heterocycles. The number of hydrogen-bond acceptors (Lipinski definition) is 3. The van der Waals surface area contributed by atoms with Crippen LogP contribution in [0.15, 0.2) is 30.6 Å². The summed E-state index contributed by atoms with van der Waals surface area (Å²) < 4.78 is 40.4. The summed E-state index contributed by atoms with van der Waals surface area (Å²) in [6, 6.07) is 4.53. The predicted molar refractivity (Wildman–Crippen MR) is 78.8 cm³/mol. The number of aromatic nitrogens is 2. The van der Waals surface area contributed by atoms with Crippen molar-refractivity contribution in [2.45, 2.75) is 18.8 Å². The number of pyridine rings is 2. The van der Waals surface area contributed by atoms with Gasteiger partial charge in [-0.3, -0.25) is 4.98 Å². The zero-order valence-corrected chi connectivity index (χ0v) is 12.3. The van der Waals surface area contributed by atoms with Crippen molar-refractivity contribution in [1.82, 2.24) is 9.97 Å². The third-order valence-corrected chi connectivity index (χ3v) is 3.91. The van der Waals surface area contributed by atoms with E-state index in [1.54, 1.807) is 12.1 Å². The number of nitrogens with zero attached hydrogens (tertiary/aromatic N) is 3. The van der Waals surface area contributed by atoms with Crippen LogP contribution in [0.5, 0.6) is 0 Å². The molecule has 2 aromatic rings. The lowest BCUT2D eigenvalue weighted by Crippen LogP contribution is -2.39. The first-order valence-electron chi connectivity index (χ1n) is 6.85. The van der Waals surface area contributed by atoms with Gasteiger partial charge in [0.2, 0.25) is 0 Å². The molecule has 3 rings (SSSR count). The molecule has 1 fully saturated rings. The Morgan fingerprint density at radius 3 is 2.55 bits per heavy atom. The molecule has 3 heterocycles. The third-order valence-electron chi connectivity index (χ3n) is 3.70. The van der Waals surface area contributed by atoms with E-state index in [9.17, 15) is 13.2 Å². The Morgan fingerprint density at radius 2 is 1.86 bits per heavy atom. The standard InChI is InChI=1S/C15H13ClF3N3/c16-14-8-12(17)11(9-21-14)13-7-10(1-4-20-13)22-5-2-15(18,19)3-6-22/h1,4,7-9H,2-3,5-6H2. The highest BCUT2D eigenvalue weighted by molar-refractivity contribution is 6.29. The van der Waals surface area contributed by atoms with Gasteiger partial charge in [0.05, 0.1) is 11.3 Å². The van der Waals surface area contributed by atoms with E-state index in [-0.39, 0.29) is 36.6 Å². The minimum absolute atomic E-state index is 0.0654. The highest BCUT2D eigenvalue weighted by atomic mass is 35.5. The van der Waals surface area contributed by atoms with E-state index < -0.39 is 11.7 Å². The van der Waals surface area contributed by atoms with Gasteiger partial charge in [-0.15, -0.1) is 0 Å². The summed E-state index contributed by atoms with van der Waals surface area (Å²) >= 11 is 5.63. The lowest BCUT2D eigenvalue weighted by Gasteiger charge is -2.33. The highest BCUT2D eigenvalue weighted by Gasteiger charge is 2.34. The normalized spacial score (nSPS) is 17.5. The van der Waals surface area contributed by atoms with Gasteiger partial charge in [-0.2, -0.15) is 0 Å². The van der Waals surface area contributed by atoms with E-state index in [4.69, 9.17) is 11.6 Å². The molecule has 3 nitrogen and oxygen atoms in total. The first-order chi connectivity index (χ1) is 10.4. The van der Waals surface area contributed by atoms with E-state index >= 15 is 0 Å². The molecule has 7 heteroatoms. The Balaban J connectivity index is 1.87. The molecule has 0 radical (unpaired) electrons. The maximum atomic E-state index is 13.9. The molecule has 0 aliphatic carbocycles. The molecule has 0 saturated carbocycles. The van der Waals surface area contributed by atoms with E-state index in [0.717, 1.165) is 11.8 Å². The van der Waals surface area contributed by atoms with Crippen LogP contribution in [0.25, 0.3) is 11.3 Å². The van der Waals surface area contributed by atoms with Crippen LogP contribution in [0.2, 0.25) is 5.15 Å². The molecule has 0 spiro atoms. The second-order valence-electron chi connectivity index (χ2n) is 5.23. The van der Waals surface area contributed by atoms with Crippen molar-refractivity contribution < 1.29 is 13.2 Å². The fraction of sp³-hybridized carbons (Fsp3) is 0.333. The third kappa shape index (κ3) is 3.16. The fourth-order valence-corrected chi connectivity index (χ4v) is 2.60. The zero-order chi connectivity index (χ0) is 15.7. The number of hydrogen-bond donors (Lipinski definition) is 0. The maximum Gasteiger partial charge on any atom is 0.251 e. The molecule has 0 N–H and O–H groups in total. The number of rotatable bonds is 2. The summed E-state index contributed by atoms with van der Waals surface area (Å²) in [6.45, 7) is 0.523. The SMILES string of the molecule is Fc1cc(Cl)ncc1-c1cc(N2CCC(F)(F)CC2)ccn1. The molecule has 0 atom stereocenters. The number of halogens is 4. The van der Waals surface area contributed by atoms with Crippen molar-refractivity contribution in [3.63, 3.8) is 0 Å². The Hall–Kier alpha value is -1.82. The number of piperidine rings is 1. The van der Waals surface area contributed by atoms with Crippen molar-refractivity contribution >= 4 is 17.3 Å². The van der Waals surface area contributed by atoms with Gasteiger partial charge in [0.25, 0.3) is 5.92 Å². The van der Waals surface area contributed by atoms with Crippen LogP contribution in [0.3, 0.4) is 0 Å². The summed E-state index contributed by atoms with van der Waals surface area (Å²) in [5, 5.41) is 0.0654. The summed E-state index contributed by atoms with van der Waals surface area (Å²) in [6.07, 6.45) is 2.49. The van der Waals surface area contributed by atoms with Crippen LogP contribution in [0, 0.1) is 5.82 Å². The van der Waals surface area contributed by atoms with Crippen molar-refractivity contribution in [2.24, 2.45) is 0 Å². The van der Waals surface area contributed by atoms with Gasteiger partial charge in [0.15, 0.2) is 0 Å². The van der Waals surface area contributed by atoms with Crippen molar-refractivity contribution in [2.75, 3.05) is 18.0 Å². The average molecular weight is 328 g/mol. The Kier molecular flexibility index (Phi) is 3.95. The van der Waals surface area contributed by atoms with E-state index in [0.29, 0.717) is 5.69 Å². The molecule has 116 valence electrons. The van der Waals surface area contributed by atoms with Crippen LogP contribution in [-0.4, -0.2) is 29.0 Å². The first kappa shape index (κ1) is 15.1. The largest absolute Gasteiger partial charge is 0.371 e. The Bertz CT molecular complexity index is 683. The quantitative estimate of drug-likeness (QED) is 0.775. The molecular weight excluding hydrogens is 315 g/mol. The molecule has 1 aliphatic rings. The van der Waals surface area contributed by atoms with Gasteiger partial charge in [0.1, 0.15) is 11.0 Å². The lowest BCUT2D eigenvalue weighted by molar-refractivity contribution is -0.0220. The molecule has 1 saturated heterocycles. The predicted octanol–water partition coefficient (Wildman–Crippen LogP) is 4.17. The highest BCUT2D eigenvalue weighted by Crippen LogP contribution is 2.32. The smallest absolute Gasteiger partial charge is 0.251 e. The zero-order valence-electron chi connectivity index (χ0n) is 11.6. The van der Waals surface area contributed by atoms with Crippen molar-refractivity contribution in [3.8, 4) is 11.3 Å². The fourth-order valence-electron chi connectivity index (χ4n) is 2.45. The summed E-state index contributed by atoms with van der Waals surface area (Å²) in [4.78, 5) is 9.83. The summed E-state index contributed by atoms with van der Waals surface area (Å²) in [5.41, 5.74) is 1.37. The molecule has 0 unspecified atom stereocenters. The van der Waals surface area contributed by atoms with Crippen LogP contribution in [-0.2, 0) is 0 Å². The van der Waals surface area contributed by atoms with Gasteiger partial charge in [-0.05, 0) is 12.1 Å². The van der Waals surface area contributed by atoms with E-state index in [1.165, 1.54) is 12.4 Å². The first-order valence-corrected chi connectivity index (χ1v) is 7.23. The lowest BCUT2D eigenvalue weighted by atomic mass is 10.1. The van der Waals surface area contributed by atoms with Crippen LogP contribution < -0.4 is 4.90 Å². The van der Waals surface area contributed by atoms with Crippen molar-refractivity contribution in [3.05, 3.63) is 41.6 Å². The van der Waals surface area contributed by atoms with Gasteiger partial charge in [-0.25, -0.2) is 18.2 Å².